The van der Waals surface area contributed by atoms with E-state index in [0.29, 0.717) is 12.2 Å². The van der Waals surface area contributed by atoms with Crippen molar-refractivity contribution in [2.75, 3.05) is 37.8 Å². The molecule has 52 heavy (non-hydrogen) atoms. The summed E-state index contributed by atoms with van der Waals surface area (Å²) in [4.78, 5) is 94.8. The topological polar surface area (TPSA) is 375 Å². The summed E-state index contributed by atoms with van der Waals surface area (Å²) in [5, 5.41) is 26.0. The van der Waals surface area contributed by atoms with Gasteiger partial charge in [0.05, 0.1) is 27.4 Å². The fourth-order valence-corrected chi connectivity index (χ4v) is 7.75. The van der Waals surface area contributed by atoms with Crippen LogP contribution in [0.3, 0.4) is 0 Å². The molecule has 2 aromatic heterocycles. The number of carbonyl (C=O) groups excluding carboxylic acids is 3. The highest BCUT2D eigenvalue weighted by molar-refractivity contribution is 8.13. The molecule has 28 heteroatoms. The second kappa shape index (κ2) is 18.3. The summed E-state index contributed by atoms with van der Waals surface area (Å²) in [6.45, 7) is 1.83. The van der Waals surface area contributed by atoms with Crippen LogP contribution in [-0.2, 0) is 50.7 Å². The molecule has 2 unspecified atom stereocenters. The molecule has 3 heterocycles. The molecule has 2 aromatic rings. The van der Waals surface area contributed by atoms with Gasteiger partial charge >= 0.3 is 0 Å². The maximum Gasteiger partial charge on any atom is 0.274 e. The fourth-order valence-electron chi connectivity index (χ4n) is 4.37. The van der Waals surface area contributed by atoms with Crippen LogP contribution in [-0.4, -0.2) is 103 Å². The van der Waals surface area contributed by atoms with E-state index in [1.807, 2.05) is 0 Å². The number of ether oxygens (including phenoxy) is 1. The van der Waals surface area contributed by atoms with Crippen molar-refractivity contribution >= 4 is 69.1 Å². The van der Waals surface area contributed by atoms with E-state index in [2.05, 4.69) is 43.5 Å². The normalized spacial score (nSPS) is 22.4. The van der Waals surface area contributed by atoms with E-state index in [0.717, 1.165) is 29.0 Å². The van der Waals surface area contributed by atoms with Gasteiger partial charge in [-0.2, -0.15) is 0 Å². The maximum atomic E-state index is 12.5. The van der Waals surface area contributed by atoms with E-state index in [-0.39, 0.29) is 41.6 Å². The van der Waals surface area contributed by atoms with Crippen molar-refractivity contribution in [1.82, 2.24) is 30.2 Å². The Labute approximate surface area is 299 Å². The van der Waals surface area contributed by atoms with Crippen LogP contribution in [0.1, 0.15) is 39.8 Å². The Kier molecular flexibility index (Phi) is 15.4. The van der Waals surface area contributed by atoms with E-state index in [4.69, 9.17) is 10.5 Å². The molecule has 7 atom stereocenters. The number of thioether (sulfide) groups is 1. The van der Waals surface area contributed by atoms with Crippen LogP contribution in [0.2, 0.25) is 0 Å². The second-order valence-corrected chi connectivity index (χ2v) is 16.8. The number of fused-ring (bicyclic) bond motifs is 1. The number of carbonyl (C=O) groups is 3. The molecule has 1 aliphatic rings. The average molecular weight is 820 g/mol. The number of amides is 2. The summed E-state index contributed by atoms with van der Waals surface area (Å²) in [5.41, 5.74) is 4.07. The van der Waals surface area contributed by atoms with E-state index in [1.54, 1.807) is 6.92 Å². The third-order valence-electron chi connectivity index (χ3n) is 7.03. The van der Waals surface area contributed by atoms with E-state index in [1.165, 1.54) is 13.8 Å². The summed E-state index contributed by atoms with van der Waals surface area (Å²) < 4.78 is 60.3. The number of hydrogen-bond acceptors (Lipinski definition) is 22. The summed E-state index contributed by atoms with van der Waals surface area (Å²) in [5.74, 6) is -1.18. The summed E-state index contributed by atoms with van der Waals surface area (Å²) in [6.07, 6.45) is -7.20. The zero-order chi connectivity index (χ0) is 39.1. The van der Waals surface area contributed by atoms with E-state index in [9.17, 15) is 57.9 Å². The minimum Gasteiger partial charge on any atom is -0.790 e. The second-order valence-electron chi connectivity index (χ2n) is 11.6. The lowest BCUT2D eigenvalue weighted by atomic mass is 9.87. The molecule has 1 fully saturated rings. The molecule has 0 saturated carbocycles. The fraction of sp³-hybridized carbons (Fsp3) is 0.667. The van der Waals surface area contributed by atoms with Gasteiger partial charge in [0.25, 0.3) is 15.6 Å². The first-order valence-corrected chi connectivity index (χ1v) is 20.4. The lowest BCUT2D eigenvalue weighted by Gasteiger charge is -2.36. The minimum atomic E-state index is -5.90. The van der Waals surface area contributed by atoms with Gasteiger partial charge in [-0.25, -0.2) is 19.3 Å². The van der Waals surface area contributed by atoms with Gasteiger partial charge in [-0.3, -0.25) is 28.1 Å². The van der Waals surface area contributed by atoms with Gasteiger partial charge in [0, 0.05) is 37.1 Å². The van der Waals surface area contributed by atoms with Gasteiger partial charge < -0.3 is 69.0 Å². The Morgan fingerprint density at radius 2 is 1.77 bits per heavy atom. The maximum absolute atomic E-state index is 12.5. The molecule has 3 rings (SSSR count). The molecule has 1 aliphatic heterocycles. The van der Waals surface area contributed by atoms with Crippen LogP contribution in [0.4, 0.5) is 5.82 Å². The smallest absolute Gasteiger partial charge is 0.274 e. The summed E-state index contributed by atoms with van der Waals surface area (Å²) in [7, 11) is -17.6. The largest absolute Gasteiger partial charge is 0.790 e. The van der Waals surface area contributed by atoms with Gasteiger partial charge in [0.1, 0.15) is 36.3 Å². The number of anilines is 1. The van der Waals surface area contributed by atoms with Gasteiger partial charge in [-0.15, -0.1) is 0 Å². The van der Waals surface area contributed by atoms with Crippen LogP contribution in [0, 0.1) is 5.41 Å². The molecule has 0 spiro atoms. The number of phosphoric ester groups is 3. The molecular weight excluding hydrogens is 783 g/mol. The highest BCUT2D eigenvalue weighted by atomic mass is 32.2. The quantitative estimate of drug-likeness (QED) is 0.0640. The molecular formula is C24H36N7O17P3S-4. The molecule has 0 radical (unpaired) electrons. The third-order valence-corrected chi connectivity index (χ3v) is 11.1. The monoisotopic (exact) mass is 819 g/mol. The molecule has 2 amide bonds. The Bertz CT molecular complexity index is 1730. The Hall–Kier alpha value is -2.44. The third kappa shape index (κ3) is 12.9. The Balaban J connectivity index is 1.54. The van der Waals surface area contributed by atoms with Crippen molar-refractivity contribution in [2.45, 2.75) is 64.3 Å². The SMILES string of the molecule is CCC(=O)SCCNC(=O)CCNC(=O)[C@H](O)C(C)(C)COP(=O)([O-])OP(=O)([O-])OC[C@H]1O[C@@H](n2cnc3c(N)ncnc32)[C@H](O)[C@@H]1OP(=O)([O-])[O-]. The number of aliphatic hydroxyl groups excluding tert-OH is 2. The number of imidazole rings is 1. The lowest BCUT2D eigenvalue weighted by Crippen LogP contribution is -2.46. The predicted octanol–water partition coefficient (Wildman–Crippen LogP) is -3.45. The van der Waals surface area contributed by atoms with Gasteiger partial charge in [0.15, 0.2) is 22.8 Å². The molecule has 0 bridgehead atoms. The highest BCUT2D eigenvalue weighted by Crippen LogP contribution is 2.56. The standard InChI is InChI=1S/C24H40N7O17P3S/c1-4-15(33)52-8-7-26-14(32)5-6-27-22(36)19(35)24(2,3)10-45-51(42,43)48-50(40,41)44-9-13-18(47-49(37,38)39)17(34)23(46-13)31-12-30-16-20(25)28-11-29-21(16)31/h11-13,17-19,23,34-35H,4-10H2,1-3H3,(H,26,32)(H,27,36)(H,40,41)(H,42,43)(H2,25,28,29)(H2,37,38,39)/p-4/t13-,17-,18-,19+,23-/m1/s1. The van der Waals surface area contributed by atoms with Crippen molar-refractivity contribution in [2.24, 2.45) is 5.41 Å². The lowest BCUT2D eigenvalue weighted by molar-refractivity contribution is -0.347. The number of nitrogens with zero attached hydrogens (tertiary/aromatic N) is 4. The number of aliphatic hydroxyl groups is 2. The highest BCUT2D eigenvalue weighted by Gasteiger charge is 2.47. The van der Waals surface area contributed by atoms with Crippen LogP contribution in [0.25, 0.3) is 11.2 Å². The van der Waals surface area contributed by atoms with E-state index < -0.39 is 84.6 Å². The number of rotatable bonds is 20. The molecule has 6 N–H and O–H groups in total. The predicted molar refractivity (Wildman–Crippen MR) is 169 cm³/mol. The van der Waals surface area contributed by atoms with Crippen molar-refractivity contribution in [3.8, 4) is 0 Å². The number of hydrogen-bond donors (Lipinski definition) is 5. The van der Waals surface area contributed by atoms with Gasteiger partial charge in [-0.1, -0.05) is 32.5 Å². The Morgan fingerprint density at radius 3 is 2.42 bits per heavy atom. The molecule has 1 saturated heterocycles. The number of nitrogens with two attached hydrogens (primary N) is 1. The Morgan fingerprint density at radius 1 is 1.10 bits per heavy atom. The first-order valence-electron chi connectivity index (χ1n) is 15.0. The van der Waals surface area contributed by atoms with E-state index >= 15 is 0 Å². The van der Waals surface area contributed by atoms with Crippen LogP contribution >= 0.6 is 35.2 Å². The summed E-state index contributed by atoms with van der Waals surface area (Å²) in [6, 6.07) is 0. The van der Waals surface area contributed by atoms with Crippen LogP contribution in [0.15, 0.2) is 12.7 Å². The molecule has 0 aromatic carbocycles. The number of nitrogens with one attached hydrogen (secondary N) is 2. The van der Waals surface area contributed by atoms with Crippen molar-refractivity contribution in [1.29, 1.82) is 0 Å². The zero-order valence-electron chi connectivity index (χ0n) is 27.6. The van der Waals surface area contributed by atoms with Gasteiger partial charge in [0.2, 0.25) is 11.8 Å². The zero-order valence-corrected chi connectivity index (χ0v) is 31.1. The number of nitrogen functional groups attached to an aromatic ring is 1. The molecule has 24 nitrogen and oxygen atoms in total. The molecule has 294 valence electrons. The van der Waals surface area contributed by atoms with Crippen LogP contribution < -0.4 is 35.9 Å². The minimum absolute atomic E-state index is 0.0206. The van der Waals surface area contributed by atoms with Crippen molar-refractivity contribution in [3.63, 3.8) is 0 Å². The summed E-state index contributed by atoms with van der Waals surface area (Å²) >= 11 is 1.06. The average Bonchev–Trinajstić information content (AvgIpc) is 3.60. The first kappa shape index (κ1) is 44.0. The number of aromatic nitrogens is 4. The first-order chi connectivity index (χ1) is 24.1. The van der Waals surface area contributed by atoms with Crippen molar-refractivity contribution < 1.29 is 80.5 Å². The van der Waals surface area contributed by atoms with Crippen LogP contribution in [0.5, 0.6) is 0 Å². The molecule has 0 aliphatic carbocycles. The van der Waals surface area contributed by atoms with Crippen molar-refractivity contribution in [3.05, 3.63) is 12.7 Å². The number of phosphoric acid groups is 3. The van der Waals surface area contributed by atoms with Gasteiger partial charge in [-0.05, 0) is 0 Å².